The molecule has 0 radical (unpaired) electrons. The Morgan fingerprint density at radius 2 is 2.04 bits per heavy atom. The Morgan fingerprint density at radius 1 is 1.38 bits per heavy atom. The Hall–Kier alpha value is -1.78. The molecular weight excluding hydrogens is 352 g/mol. The molecule has 24 heavy (non-hydrogen) atoms. The van der Waals surface area contributed by atoms with Crippen molar-refractivity contribution in [2.45, 2.75) is 30.6 Å². The minimum absolute atomic E-state index is 0.0794. The lowest BCUT2D eigenvalue weighted by Crippen LogP contribution is -2.43. The molecule has 4 N–H and O–H groups in total. The standard InChI is InChI=1S/C14H14F4N2O3S/c1-6(10-11(21)20-13(23)24-12(10)22)19-5-7-8(14(16,17)18)3-2-4-9(7)15/h2-4,12-13,19,22-23H,5H2,1H3,(H,20,21). The number of carbonyl (C=O) groups excluding carboxylic acids is 1. The Kier molecular flexibility index (Phi) is 5.41. The molecule has 5 nitrogen and oxygen atoms in total. The number of aliphatic hydroxyl groups is 2. The van der Waals surface area contributed by atoms with Crippen LogP contribution in [0.25, 0.3) is 0 Å². The average Bonchev–Trinajstić information content (AvgIpc) is 2.43. The molecule has 2 unspecified atom stereocenters. The Balaban J connectivity index is 2.25. The van der Waals surface area contributed by atoms with Gasteiger partial charge in [-0.1, -0.05) is 17.8 Å². The maximum Gasteiger partial charge on any atom is 0.416 e. The van der Waals surface area contributed by atoms with Crippen LogP contribution >= 0.6 is 11.8 Å². The lowest BCUT2D eigenvalue weighted by molar-refractivity contribution is -0.138. The van der Waals surface area contributed by atoms with Gasteiger partial charge < -0.3 is 20.8 Å². The first-order valence-corrected chi connectivity index (χ1v) is 7.67. The minimum atomic E-state index is -4.72. The van der Waals surface area contributed by atoms with E-state index in [9.17, 15) is 32.6 Å². The number of aliphatic hydroxyl groups excluding tert-OH is 2. The number of halogens is 4. The number of alkyl halides is 3. The van der Waals surface area contributed by atoms with Gasteiger partial charge in [-0.2, -0.15) is 13.2 Å². The van der Waals surface area contributed by atoms with E-state index < -0.39 is 46.6 Å². The number of thioether (sulfide) groups is 1. The normalized spacial score (nSPS) is 23.7. The summed E-state index contributed by atoms with van der Waals surface area (Å²) < 4.78 is 52.6. The second kappa shape index (κ2) is 6.99. The summed E-state index contributed by atoms with van der Waals surface area (Å²) in [6.45, 7) is 0.842. The van der Waals surface area contributed by atoms with Crippen molar-refractivity contribution in [3.63, 3.8) is 0 Å². The van der Waals surface area contributed by atoms with Gasteiger partial charge in [0.1, 0.15) is 11.3 Å². The molecule has 2 rings (SSSR count). The molecule has 132 valence electrons. The number of amides is 1. The third kappa shape index (κ3) is 4.00. The van der Waals surface area contributed by atoms with Crippen LogP contribution in [0.5, 0.6) is 0 Å². The number of allylic oxidation sites excluding steroid dienone is 1. The van der Waals surface area contributed by atoms with Crippen molar-refractivity contribution >= 4 is 17.7 Å². The van der Waals surface area contributed by atoms with E-state index in [1.807, 2.05) is 0 Å². The van der Waals surface area contributed by atoms with E-state index in [1.165, 1.54) is 6.92 Å². The van der Waals surface area contributed by atoms with Crippen molar-refractivity contribution in [1.82, 2.24) is 10.6 Å². The van der Waals surface area contributed by atoms with E-state index in [1.54, 1.807) is 0 Å². The van der Waals surface area contributed by atoms with Crippen molar-refractivity contribution in [2.24, 2.45) is 0 Å². The second-order valence-corrected chi connectivity index (χ2v) is 6.14. The van der Waals surface area contributed by atoms with Crippen LogP contribution in [0, 0.1) is 5.82 Å². The zero-order valence-corrected chi connectivity index (χ0v) is 13.1. The largest absolute Gasteiger partial charge is 0.416 e. The highest BCUT2D eigenvalue weighted by atomic mass is 32.2. The first-order valence-electron chi connectivity index (χ1n) is 6.73. The molecule has 1 aliphatic rings. The van der Waals surface area contributed by atoms with Gasteiger partial charge in [-0.15, -0.1) is 0 Å². The van der Waals surface area contributed by atoms with Gasteiger partial charge in [-0.25, -0.2) is 4.39 Å². The number of hydrogen-bond acceptors (Lipinski definition) is 5. The highest BCUT2D eigenvalue weighted by Gasteiger charge is 2.35. The fourth-order valence-electron chi connectivity index (χ4n) is 2.20. The molecule has 0 spiro atoms. The smallest absolute Gasteiger partial charge is 0.384 e. The zero-order chi connectivity index (χ0) is 18.1. The molecule has 1 heterocycles. The van der Waals surface area contributed by atoms with Crippen LogP contribution in [-0.4, -0.2) is 27.1 Å². The molecule has 0 aliphatic carbocycles. The van der Waals surface area contributed by atoms with E-state index in [0.29, 0.717) is 11.8 Å². The maximum absolute atomic E-state index is 13.8. The molecule has 1 aromatic carbocycles. The fraction of sp³-hybridized carbons (Fsp3) is 0.357. The topological polar surface area (TPSA) is 81.6 Å². The van der Waals surface area contributed by atoms with Gasteiger partial charge in [0.05, 0.1) is 11.1 Å². The van der Waals surface area contributed by atoms with Crippen molar-refractivity contribution in [3.8, 4) is 0 Å². The van der Waals surface area contributed by atoms with Gasteiger partial charge in [0.15, 0.2) is 5.56 Å². The van der Waals surface area contributed by atoms with Gasteiger partial charge >= 0.3 is 6.18 Å². The molecule has 0 saturated carbocycles. The molecule has 1 aromatic rings. The van der Waals surface area contributed by atoms with Crippen LogP contribution in [0.3, 0.4) is 0 Å². The average molecular weight is 366 g/mol. The lowest BCUT2D eigenvalue weighted by atomic mass is 10.1. The van der Waals surface area contributed by atoms with E-state index in [4.69, 9.17) is 0 Å². The summed E-state index contributed by atoms with van der Waals surface area (Å²) in [6, 6.07) is 2.63. The number of benzene rings is 1. The number of nitrogens with one attached hydrogen (secondary N) is 2. The zero-order valence-electron chi connectivity index (χ0n) is 12.3. The predicted molar refractivity (Wildman–Crippen MR) is 78.7 cm³/mol. The van der Waals surface area contributed by atoms with Gasteiger partial charge in [0.25, 0.3) is 5.91 Å². The van der Waals surface area contributed by atoms with Gasteiger partial charge in [0, 0.05) is 17.8 Å². The van der Waals surface area contributed by atoms with Crippen LogP contribution in [0.4, 0.5) is 17.6 Å². The monoisotopic (exact) mass is 366 g/mol. The van der Waals surface area contributed by atoms with E-state index in [2.05, 4.69) is 10.6 Å². The predicted octanol–water partition coefficient (Wildman–Crippen LogP) is 1.67. The molecular formula is C14H14F4N2O3S. The van der Waals surface area contributed by atoms with Crippen molar-refractivity contribution in [2.75, 3.05) is 0 Å². The third-order valence-corrected chi connectivity index (χ3v) is 4.23. The van der Waals surface area contributed by atoms with Crippen LogP contribution in [0.15, 0.2) is 29.5 Å². The Bertz CT molecular complexity index is 678. The van der Waals surface area contributed by atoms with E-state index in [0.717, 1.165) is 18.2 Å². The second-order valence-electron chi connectivity index (χ2n) is 4.97. The Morgan fingerprint density at radius 3 is 2.62 bits per heavy atom. The highest BCUT2D eigenvalue weighted by Crippen LogP contribution is 2.33. The lowest BCUT2D eigenvalue weighted by Gasteiger charge is -2.26. The molecule has 1 fully saturated rings. The number of carbonyl (C=O) groups is 1. The summed E-state index contributed by atoms with van der Waals surface area (Å²) in [7, 11) is 0. The summed E-state index contributed by atoms with van der Waals surface area (Å²) in [5, 5.41) is 23.8. The van der Waals surface area contributed by atoms with E-state index >= 15 is 0 Å². The number of rotatable bonds is 3. The van der Waals surface area contributed by atoms with E-state index in [-0.39, 0.29) is 11.3 Å². The van der Waals surface area contributed by atoms with Crippen molar-refractivity contribution < 1.29 is 32.6 Å². The molecule has 2 atom stereocenters. The first kappa shape index (κ1) is 18.6. The Labute approximate surface area is 138 Å². The van der Waals surface area contributed by atoms with Gasteiger partial charge in [-0.3, -0.25) is 4.79 Å². The molecule has 10 heteroatoms. The summed E-state index contributed by atoms with van der Waals surface area (Å²) in [5.41, 5.74) is -4.42. The minimum Gasteiger partial charge on any atom is -0.384 e. The van der Waals surface area contributed by atoms with Crippen LogP contribution in [-0.2, 0) is 17.5 Å². The van der Waals surface area contributed by atoms with Crippen LogP contribution in [0.2, 0.25) is 0 Å². The molecule has 0 bridgehead atoms. The maximum atomic E-state index is 13.8. The quantitative estimate of drug-likeness (QED) is 0.483. The summed E-state index contributed by atoms with van der Waals surface area (Å²) >= 11 is 0.641. The van der Waals surface area contributed by atoms with Crippen LogP contribution < -0.4 is 10.6 Å². The van der Waals surface area contributed by atoms with Gasteiger partial charge in [-0.05, 0) is 19.1 Å². The van der Waals surface area contributed by atoms with Crippen molar-refractivity contribution in [1.29, 1.82) is 0 Å². The first-order chi connectivity index (χ1) is 11.1. The highest BCUT2D eigenvalue weighted by molar-refractivity contribution is 8.00. The van der Waals surface area contributed by atoms with Gasteiger partial charge in [0.2, 0.25) is 0 Å². The number of hydrogen-bond donors (Lipinski definition) is 4. The molecule has 1 amide bonds. The summed E-state index contributed by atoms with van der Waals surface area (Å²) in [5.74, 6) is -1.79. The molecule has 1 aliphatic heterocycles. The van der Waals surface area contributed by atoms with Crippen LogP contribution in [0.1, 0.15) is 18.1 Å². The fourth-order valence-corrected chi connectivity index (χ4v) is 3.04. The SMILES string of the molecule is CC(NCc1c(F)cccc1C(F)(F)F)=C1C(=O)NC(O)SC1O. The summed E-state index contributed by atoms with van der Waals surface area (Å²) in [6.07, 6.45) is -4.72. The molecule has 0 aromatic heterocycles. The van der Waals surface area contributed by atoms with Crippen molar-refractivity contribution in [3.05, 3.63) is 46.4 Å². The summed E-state index contributed by atoms with van der Waals surface area (Å²) in [4.78, 5) is 11.8. The third-order valence-electron chi connectivity index (χ3n) is 3.36. The molecule has 1 saturated heterocycles.